The Morgan fingerprint density at radius 1 is 1.08 bits per heavy atom. The smallest absolute Gasteiger partial charge is 0.271 e. The number of hydrogen-bond donors (Lipinski definition) is 3. The van der Waals surface area contributed by atoms with Crippen LogP contribution in [0.2, 0.25) is 0 Å². The number of ether oxygens (including phenoxy) is 1. The van der Waals surface area contributed by atoms with Gasteiger partial charge in [-0.2, -0.15) is 0 Å². The van der Waals surface area contributed by atoms with Gasteiger partial charge in [0.1, 0.15) is 17.5 Å². The summed E-state index contributed by atoms with van der Waals surface area (Å²) in [5.74, 6) is -0.272. The molecule has 0 aliphatic carbocycles. The van der Waals surface area contributed by atoms with Gasteiger partial charge in [-0.3, -0.25) is 9.59 Å². The van der Waals surface area contributed by atoms with Crippen LogP contribution in [0.4, 0.5) is 0 Å². The lowest BCUT2D eigenvalue weighted by Gasteiger charge is -2.14. The topological polar surface area (TPSA) is 83.2 Å². The van der Waals surface area contributed by atoms with Crippen LogP contribution in [0.3, 0.4) is 0 Å². The highest BCUT2D eigenvalue weighted by molar-refractivity contribution is 5.99. The van der Waals surface area contributed by atoms with Gasteiger partial charge in [0.15, 0.2) is 5.75 Å². The number of aromatic nitrogens is 1. The fourth-order valence-electron chi connectivity index (χ4n) is 2.27. The van der Waals surface area contributed by atoms with Gasteiger partial charge in [-0.15, -0.1) is 0 Å². The largest absolute Gasteiger partial charge is 0.484 e. The second kappa shape index (κ2) is 7.68. The molecule has 6 nitrogen and oxygen atoms in total. The minimum atomic E-state index is -0.339. The predicted molar refractivity (Wildman–Crippen MR) is 92.3 cm³/mol. The molecule has 1 unspecified atom stereocenters. The number of hydrogen-bond acceptors (Lipinski definition) is 3. The van der Waals surface area contributed by atoms with Crippen molar-refractivity contribution in [2.24, 2.45) is 0 Å². The zero-order valence-corrected chi connectivity index (χ0v) is 14.3. The molecule has 0 radical (unpaired) electrons. The molecule has 128 valence electrons. The van der Waals surface area contributed by atoms with Crippen LogP contribution < -0.4 is 15.4 Å². The number of aromatic amines is 1. The minimum Gasteiger partial charge on any atom is -0.484 e. The van der Waals surface area contributed by atoms with Crippen molar-refractivity contribution in [1.29, 1.82) is 0 Å². The lowest BCUT2D eigenvalue weighted by molar-refractivity contribution is 0.0938. The van der Waals surface area contributed by atoms with Crippen LogP contribution in [0.1, 0.15) is 53.4 Å². The lowest BCUT2D eigenvalue weighted by Crippen LogP contribution is -2.30. The quantitative estimate of drug-likeness (QED) is 0.762. The Hall–Kier alpha value is -2.76. The molecule has 0 saturated carbocycles. The standard InChI is InChI=1S/C18H23N3O3/c1-11(2)20-17(22)14-10-15(16(21-14)18(23)19-4)24-12(3)13-8-6-5-7-9-13/h5-12,21H,1-4H3,(H,19,23)(H,20,22). The van der Waals surface area contributed by atoms with Gasteiger partial charge >= 0.3 is 0 Å². The Morgan fingerprint density at radius 2 is 1.75 bits per heavy atom. The van der Waals surface area contributed by atoms with Gasteiger partial charge in [0.25, 0.3) is 11.8 Å². The number of amides is 2. The summed E-state index contributed by atoms with van der Waals surface area (Å²) in [4.78, 5) is 27.1. The summed E-state index contributed by atoms with van der Waals surface area (Å²) in [6.07, 6.45) is -0.258. The molecule has 0 fully saturated rings. The fourth-order valence-corrected chi connectivity index (χ4v) is 2.27. The van der Waals surface area contributed by atoms with Crippen LogP contribution in [0, 0.1) is 0 Å². The van der Waals surface area contributed by atoms with Crippen LogP contribution in [0.15, 0.2) is 36.4 Å². The first kappa shape index (κ1) is 17.6. The third-order valence-corrected chi connectivity index (χ3v) is 3.47. The first-order chi connectivity index (χ1) is 11.4. The maximum Gasteiger partial charge on any atom is 0.271 e. The molecular weight excluding hydrogens is 306 g/mol. The first-order valence-electron chi connectivity index (χ1n) is 7.90. The number of carbonyl (C=O) groups excluding carboxylic acids is 2. The molecule has 1 aromatic heterocycles. The Balaban J connectivity index is 2.28. The second-order valence-electron chi connectivity index (χ2n) is 5.80. The molecule has 1 heterocycles. The SMILES string of the molecule is CNC(=O)c1[nH]c(C(=O)NC(C)C)cc1OC(C)c1ccccc1. The Labute approximate surface area is 141 Å². The third-order valence-electron chi connectivity index (χ3n) is 3.47. The van der Waals surface area contributed by atoms with Gasteiger partial charge < -0.3 is 20.4 Å². The Morgan fingerprint density at radius 3 is 2.33 bits per heavy atom. The van der Waals surface area contributed by atoms with Gasteiger partial charge in [0.05, 0.1) is 0 Å². The summed E-state index contributed by atoms with van der Waals surface area (Å²) in [6.45, 7) is 5.63. The monoisotopic (exact) mass is 329 g/mol. The maximum atomic E-state index is 12.2. The molecule has 3 N–H and O–H groups in total. The molecule has 2 amide bonds. The van der Waals surface area contributed by atoms with E-state index in [2.05, 4.69) is 15.6 Å². The van der Waals surface area contributed by atoms with Gasteiger partial charge in [-0.1, -0.05) is 30.3 Å². The van der Waals surface area contributed by atoms with Crippen molar-refractivity contribution in [3.63, 3.8) is 0 Å². The van der Waals surface area contributed by atoms with Gasteiger partial charge in [0, 0.05) is 19.2 Å². The van der Waals surface area contributed by atoms with E-state index in [1.165, 1.54) is 7.05 Å². The van der Waals surface area contributed by atoms with E-state index in [0.29, 0.717) is 5.75 Å². The second-order valence-corrected chi connectivity index (χ2v) is 5.80. The molecule has 24 heavy (non-hydrogen) atoms. The van der Waals surface area contributed by atoms with Crippen molar-refractivity contribution < 1.29 is 14.3 Å². The normalized spacial score (nSPS) is 11.9. The molecule has 0 bridgehead atoms. The van der Waals surface area contributed by atoms with Crippen molar-refractivity contribution in [1.82, 2.24) is 15.6 Å². The molecule has 2 aromatic rings. The van der Waals surface area contributed by atoms with Crippen molar-refractivity contribution in [2.45, 2.75) is 32.9 Å². The van der Waals surface area contributed by atoms with Crippen LogP contribution in [0.25, 0.3) is 0 Å². The highest BCUT2D eigenvalue weighted by Gasteiger charge is 2.21. The molecule has 0 spiro atoms. The Kier molecular flexibility index (Phi) is 5.63. The number of benzene rings is 1. The van der Waals surface area contributed by atoms with E-state index in [4.69, 9.17) is 4.74 Å². The summed E-state index contributed by atoms with van der Waals surface area (Å²) in [6, 6.07) is 11.2. The summed E-state index contributed by atoms with van der Waals surface area (Å²) in [5, 5.41) is 5.33. The minimum absolute atomic E-state index is 0.00291. The molecule has 0 saturated heterocycles. The van der Waals surface area contributed by atoms with Gasteiger partial charge in [-0.05, 0) is 26.3 Å². The highest BCUT2D eigenvalue weighted by Crippen LogP contribution is 2.26. The van der Waals surface area contributed by atoms with E-state index in [1.54, 1.807) is 6.07 Å². The van der Waals surface area contributed by atoms with Crippen molar-refractivity contribution in [2.75, 3.05) is 7.05 Å². The van der Waals surface area contributed by atoms with E-state index in [9.17, 15) is 9.59 Å². The molecule has 0 aliphatic heterocycles. The molecule has 1 aromatic carbocycles. The van der Waals surface area contributed by atoms with E-state index >= 15 is 0 Å². The molecular formula is C18H23N3O3. The summed E-state index contributed by atoms with van der Waals surface area (Å²) < 4.78 is 5.92. The lowest BCUT2D eigenvalue weighted by atomic mass is 10.1. The van der Waals surface area contributed by atoms with Crippen molar-refractivity contribution in [3.8, 4) is 5.75 Å². The number of rotatable bonds is 6. The van der Waals surface area contributed by atoms with Gasteiger partial charge in [0.2, 0.25) is 0 Å². The van der Waals surface area contributed by atoms with Crippen LogP contribution >= 0.6 is 0 Å². The van der Waals surface area contributed by atoms with E-state index in [1.807, 2.05) is 51.1 Å². The zero-order chi connectivity index (χ0) is 17.7. The third kappa shape index (κ3) is 4.16. The number of nitrogens with one attached hydrogen (secondary N) is 3. The fraction of sp³-hybridized carbons (Fsp3) is 0.333. The molecule has 6 heteroatoms. The summed E-state index contributed by atoms with van der Waals surface area (Å²) in [7, 11) is 1.53. The average Bonchev–Trinajstić information content (AvgIpc) is 2.98. The van der Waals surface area contributed by atoms with Crippen molar-refractivity contribution in [3.05, 3.63) is 53.3 Å². The van der Waals surface area contributed by atoms with Crippen molar-refractivity contribution >= 4 is 11.8 Å². The zero-order valence-electron chi connectivity index (χ0n) is 14.3. The Bertz CT molecular complexity index is 708. The van der Waals surface area contributed by atoms with Crippen LogP contribution in [-0.4, -0.2) is 29.9 Å². The molecule has 2 rings (SSSR count). The molecule has 1 atom stereocenters. The van der Waals surface area contributed by atoms with E-state index < -0.39 is 0 Å². The van der Waals surface area contributed by atoms with E-state index in [0.717, 1.165) is 5.56 Å². The summed E-state index contributed by atoms with van der Waals surface area (Å²) in [5.41, 5.74) is 1.50. The molecule has 0 aliphatic rings. The van der Waals surface area contributed by atoms with Crippen LogP contribution in [0.5, 0.6) is 5.75 Å². The van der Waals surface area contributed by atoms with E-state index in [-0.39, 0.29) is 35.3 Å². The average molecular weight is 329 g/mol. The highest BCUT2D eigenvalue weighted by atomic mass is 16.5. The number of carbonyl (C=O) groups is 2. The van der Waals surface area contributed by atoms with Gasteiger partial charge in [-0.25, -0.2) is 0 Å². The first-order valence-corrected chi connectivity index (χ1v) is 7.90. The number of H-pyrrole nitrogens is 1. The predicted octanol–water partition coefficient (Wildman–Crippen LogP) is 2.65. The maximum absolute atomic E-state index is 12.2. The summed E-state index contributed by atoms with van der Waals surface area (Å²) >= 11 is 0. The van der Waals surface area contributed by atoms with Crippen LogP contribution in [-0.2, 0) is 0 Å².